The lowest BCUT2D eigenvalue weighted by Crippen LogP contribution is -2.51. The van der Waals surface area contributed by atoms with Crippen molar-refractivity contribution in [2.75, 3.05) is 26.7 Å². The molecule has 1 aromatic carbocycles. The summed E-state index contributed by atoms with van der Waals surface area (Å²) in [6, 6.07) is 14.1. The Hall–Kier alpha value is -2.70. The van der Waals surface area contributed by atoms with Gasteiger partial charge in [-0.1, -0.05) is 42.5 Å². The number of aromatic nitrogens is 1. The predicted molar refractivity (Wildman–Crippen MR) is 133 cm³/mol. The molecular weight excluding hydrogens is 426 g/mol. The SMILES string of the molecule is C/C=C/c1ccc2n(c1=O)C[C@H]1[C@H](CO)[C@@H](C(=O)N3CCC(Cc4ccccc4)CC3)N(C)[C@@H]21. The number of aliphatic hydroxyl groups is 1. The van der Waals surface area contributed by atoms with Crippen molar-refractivity contribution >= 4 is 12.0 Å². The van der Waals surface area contributed by atoms with Crippen LogP contribution in [0.1, 0.15) is 42.6 Å². The molecular formula is C28H35N3O3. The second-order valence-corrected chi connectivity index (χ2v) is 10.2. The number of amides is 1. The number of nitrogens with zero attached hydrogens (tertiary/aromatic N) is 3. The van der Waals surface area contributed by atoms with Gasteiger partial charge < -0.3 is 14.6 Å². The van der Waals surface area contributed by atoms with Gasteiger partial charge in [0.15, 0.2) is 0 Å². The third-order valence-corrected chi connectivity index (χ3v) is 8.28. The molecule has 3 aliphatic heterocycles. The number of likely N-dealkylation sites (tertiary alicyclic amines) is 2. The lowest BCUT2D eigenvalue weighted by atomic mass is 9.86. The molecule has 180 valence electrons. The Morgan fingerprint density at radius 2 is 1.85 bits per heavy atom. The van der Waals surface area contributed by atoms with E-state index in [2.05, 4.69) is 29.2 Å². The highest BCUT2D eigenvalue weighted by Gasteiger charge is 2.55. The minimum absolute atomic E-state index is 0.0125. The minimum Gasteiger partial charge on any atom is -0.396 e. The smallest absolute Gasteiger partial charge is 0.258 e. The second-order valence-electron chi connectivity index (χ2n) is 10.2. The van der Waals surface area contributed by atoms with E-state index < -0.39 is 0 Å². The van der Waals surface area contributed by atoms with E-state index in [1.807, 2.05) is 53.8 Å². The third kappa shape index (κ3) is 3.93. The van der Waals surface area contributed by atoms with Crippen LogP contribution in [-0.4, -0.2) is 58.2 Å². The monoisotopic (exact) mass is 461 g/mol. The number of pyridine rings is 1. The molecule has 0 unspecified atom stereocenters. The molecule has 1 aromatic heterocycles. The van der Waals surface area contributed by atoms with E-state index in [0.29, 0.717) is 18.0 Å². The highest BCUT2D eigenvalue weighted by Crippen LogP contribution is 2.48. The summed E-state index contributed by atoms with van der Waals surface area (Å²) < 4.78 is 1.85. The molecule has 34 heavy (non-hydrogen) atoms. The van der Waals surface area contributed by atoms with Crippen LogP contribution >= 0.6 is 0 Å². The molecule has 0 bridgehead atoms. The second kappa shape index (κ2) is 9.51. The normalized spacial score (nSPS) is 27.3. The summed E-state index contributed by atoms with van der Waals surface area (Å²) in [5.41, 5.74) is 3.02. The van der Waals surface area contributed by atoms with Crippen LogP contribution in [0.15, 0.2) is 53.3 Å². The van der Waals surface area contributed by atoms with Crippen molar-refractivity contribution in [2.24, 2.45) is 17.8 Å². The molecule has 0 aliphatic carbocycles. The summed E-state index contributed by atoms with van der Waals surface area (Å²) in [5, 5.41) is 10.3. The first-order valence-corrected chi connectivity index (χ1v) is 12.6. The first kappa shape index (κ1) is 23.1. The van der Waals surface area contributed by atoms with Gasteiger partial charge in [-0.05, 0) is 56.8 Å². The van der Waals surface area contributed by atoms with Crippen LogP contribution in [0.25, 0.3) is 6.08 Å². The van der Waals surface area contributed by atoms with Gasteiger partial charge in [-0.15, -0.1) is 0 Å². The van der Waals surface area contributed by atoms with Crippen molar-refractivity contribution < 1.29 is 9.90 Å². The van der Waals surface area contributed by atoms with Gasteiger partial charge in [-0.2, -0.15) is 0 Å². The topological polar surface area (TPSA) is 65.8 Å². The van der Waals surface area contributed by atoms with E-state index in [-0.39, 0.29) is 42.0 Å². The zero-order valence-electron chi connectivity index (χ0n) is 20.1. The largest absolute Gasteiger partial charge is 0.396 e. The summed E-state index contributed by atoms with van der Waals surface area (Å²) >= 11 is 0. The lowest BCUT2D eigenvalue weighted by Gasteiger charge is -2.37. The van der Waals surface area contributed by atoms with Gasteiger partial charge in [0.25, 0.3) is 5.56 Å². The van der Waals surface area contributed by atoms with E-state index in [9.17, 15) is 14.7 Å². The third-order valence-electron chi connectivity index (χ3n) is 8.28. The molecule has 0 spiro atoms. The van der Waals surface area contributed by atoms with Gasteiger partial charge in [-0.25, -0.2) is 0 Å². The van der Waals surface area contributed by atoms with E-state index in [0.717, 1.165) is 38.0 Å². The number of aliphatic hydroxyl groups excluding tert-OH is 1. The van der Waals surface area contributed by atoms with Crippen molar-refractivity contribution in [3.8, 4) is 0 Å². The Kier molecular flexibility index (Phi) is 6.45. The zero-order chi connectivity index (χ0) is 23.8. The van der Waals surface area contributed by atoms with Crippen molar-refractivity contribution in [1.29, 1.82) is 0 Å². The number of likely N-dealkylation sites (N-methyl/N-ethyl adjacent to an activating group) is 1. The fourth-order valence-electron chi connectivity index (χ4n) is 6.57. The van der Waals surface area contributed by atoms with Crippen LogP contribution in [0.4, 0.5) is 0 Å². The van der Waals surface area contributed by atoms with E-state index in [1.54, 1.807) is 0 Å². The van der Waals surface area contributed by atoms with Gasteiger partial charge in [0, 0.05) is 49.3 Å². The maximum Gasteiger partial charge on any atom is 0.258 e. The molecule has 1 N–H and O–H groups in total. The molecule has 6 heteroatoms. The number of hydrogen-bond donors (Lipinski definition) is 1. The average molecular weight is 462 g/mol. The van der Waals surface area contributed by atoms with Gasteiger partial charge in [0.05, 0.1) is 12.1 Å². The minimum atomic E-state index is -0.343. The quantitative estimate of drug-likeness (QED) is 0.744. The number of fused-ring (bicyclic) bond motifs is 3. The van der Waals surface area contributed by atoms with Gasteiger partial charge in [0.1, 0.15) is 0 Å². The number of carbonyl (C=O) groups is 1. The van der Waals surface area contributed by atoms with Crippen LogP contribution < -0.4 is 5.56 Å². The summed E-state index contributed by atoms with van der Waals surface area (Å²) in [5.74, 6) is 0.626. The van der Waals surface area contributed by atoms with E-state index in [1.165, 1.54) is 5.56 Å². The van der Waals surface area contributed by atoms with Gasteiger partial charge in [-0.3, -0.25) is 14.5 Å². The number of carbonyl (C=O) groups excluding carboxylic acids is 1. The van der Waals surface area contributed by atoms with E-state index in [4.69, 9.17) is 0 Å². The molecule has 0 saturated carbocycles. The highest BCUT2D eigenvalue weighted by molar-refractivity contribution is 5.83. The molecule has 4 atom stereocenters. The Balaban J connectivity index is 1.30. The first-order valence-electron chi connectivity index (χ1n) is 12.6. The van der Waals surface area contributed by atoms with Crippen LogP contribution in [0.5, 0.6) is 0 Å². The molecule has 2 saturated heterocycles. The van der Waals surface area contributed by atoms with Crippen molar-refractivity contribution in [3.05, 3.63) is 75.7 Å². The maximum atomic E-state index is 13.7. The molecule has 0 radical (unpaired) electrons. The fourth-order valence-corrected chi connectivity index (χ4v) is 6.57. The Morgan fingerprint density at radius 1 is 1.12 bits per heavy atom. The molecule has 6 nitrogen and oxygen atoms in total. The Morgan fingerprint density at radius 3 is 2.53 bits per heavy atom. The summed E-state index contributed by atoms with van der Waals surface area (Å²) in [6.45, 7) is 3.97. The molecule has 4 heterocycles. The van der Waals surface area contributed by atoms with E-state index >= 15 is 0 Å². The van der Waals surface area contributed by atoms with Crippen LogP contribution in [0.3, 0.4) is 0 Å². The molecule has 5 rings (SSSR count). The summed E-state index contributed by atoms with van der Waals surface area (Å²) in [4.78, 5) is 30.8. The first-order chi connectivity index (χ1) is 16.5. The number of allylic oxidation sites excluding steroid dienone is 1. The van der Waals surface area contributed by atoms with Crippen molar-refractivity contribution in [1.82, 2.24) is 14.4 Å². The standard InChI is InChI=1S/C28H35N3O3/c1-3-7-21-10-11-24-25-22(17-31(24)27(21)33)23(18-32)26(29(25)2)28(34)30-14-12-20(13-15-30)16-19-8-5-4-6-9-19/h3-11,20,22-23,25-26,32H,12-18H2,1-2H3/b7-3+/t22-,23-,25+,26-/m0/s1. The number of benzene rings is 1. The van der Waals surface area contributed by atoms with Crippen molar-refractivity contribution in [2.45, 2.75) is 44.8 Å². The Labute approximate surface area is 201 Å². The molecule has 1 amide bonds. The fraction of sp³-hybridized carbons (Fsp3) is 0.500. The Bertz CT molecular complexity index is 1120. The summed E-state index contributed by atoms with van der Waals surface area (Å²) in [7, 11) is 1.98. The van der Waals surface area contributed by atoms with Gasteiger partial charge in [0.2, 0.25) is 5.91 Å². The van der Waals surface area contributed by atoms with Crippen LogP contribution in [0, 0.1) is 17.8 Å². The van der Waals surface area contributed by atoms with Gasteiger partial charge >= 0.3 is 0 Å². The average Bonchev–Trinajstić information content (AvgIpc) is 3.37. The number of hydrogen-bond acceptors (Lipinski definition) is 4. The zero-order valence-corrected chi connectivity index (χ0v) is 20.1. The molecule has 2 aromatic rings. The predicted octanol–water partition coefficient (Wildman–Crippen LogP) is 2.96. The van der Waals surface area contributed by atoms with Crippen LogP contribution in [-0.2, 0) is 17.8 Å². The lowest BCUT2D eigenvalue weighted by molar-refractivity contribution is -0.139. The molecule has 3 aliphatic rings. The van der Waals surface area contributed by atoms with Crippen LogP contribution in [0.2, 0.25) is 0 Å². The number of rotatable bonds is 5. The molecule has 2 fully saturated rings. The highest BCUT2D eigenvalue weighted by atomic mass is 16.3. The summed E-state index contributed by atoms with van der Waals surface area (Å²) in [6.07, 6.45) is 6.81. The van der Waals surface area contributed by atoms with Crippen molar-refractivity contribution in [3.63, 3.8) is 0 Å². The maximum absolute atomic E-state index is 13.7. The number of piperidine rings is 1.